The molecule has 0 spiro atoms. The number of ether oxygens (including phenoxy) is 2. The van der Waals surface area contributed by atoms with Gasteiger partial charge in [0.05, 0.1) is 12.6 Å². The highest BCUT2D eigenvalue weighted by atomic mass is 19.1. The smallest absolute Gasteiger partial charge is 0.407 e. The molecule has 2 aromatic rings. The van der Waals surface area contributed by atoms with Crippen molar-refractivity contribution in [2.24, 2.45) is 11.3 Å². The zero-order valence-corrected chi connectivity index (χ0v) is 21.1. The second-order valence-corrected chi connectivity index (χ2v) is 11.1. The van der Waals surface area contributed by atoms with Gasteiger partial charge in [-0.25, -0.2) is 9.18 Å². The van der Waals surface area contributed by atoms with Crippen LogP contribution in [-0.2, 0) is 11.2 Å². The lowest BCUT2D eigenvalue weighted by Gasteiger charge is -2.44. The van der Waals surface area contributed by atoms with Gasteiger partial charge in [0, 0.05) is 12.1 Å². The Balaban J connectivity index is 1.33. The summed E-state index contributed by atoms with van der Waals surface area (Å²) in [5.41, 5.74) is 3.03. The molecule has 1 amide bonds. The molecule has 0 saturated carbocycles. The highest BCUT2D eigenvalue weighted by Crippen LogP contribution is 2.47. The zero-order chi connectivity index (χ0) is 24.6. The molecule has 2 aromatic carbocycles. The van der Waals surface area contributed by atoms with Crippen LogP contribution in [0.5, 0.6) is 5.75 Å². The van der Waals surface area contributed by atoms with Gasteiger partial charge < -0.3 is 14.8 Å². The van der Waals surface area contributed by atoms with Crippen LogP contribution in [0.15, 0.2) is 36.4 Å². The van der Waals surface area contributed by atoms with E-state index in [2.05, 4.69) is 31.0 Å². The fourth-order valence-corrected chi connectivity index (χ4v) is 5.98. The molecule has 0 aromatic heterocycles. The first-order chi connectivity index (χ1) is 16.8. The highest BCUT2D eigenvalue weighted by molar-refractivity contribution is 5.71. The van der Waals surface area contributed by atoms with Crippen LogP contribution in [0.1, 0.15) is 63.6 Å². The SMILES string of the molecule is CCCCOc1cccc(-c2cc3c(cc2F)C(NC(=O)O[C@@H]2CN4CCC2CC4)C(C)(C)C3)c1. The maximum atomic E-state index is 15.4. The summed E-state index contributed by atoms with van der Waals surface area (Å²) >= 11 is 0. The number of amides is 1. The number of rotatable bonds is 7. The Morgan fingerprint density at radius 3 is 2.71 bits per heavy atom. The topological polar surface area (TPSA) is 50.8 Å². The number of halogens is 1. The lowest BCUT2D eigenvalue weighted by molar-refractivity contribution is -0.0349. The number of unbranched alkanes of at least 4 members (excludes halogenated alkanes) is 1. The molecule has 6 heteroatoms. The number of hydrogen-bond acceptors (Lipinski definition) is 4. The maximum Gasteiger partial charge on any atom is 0.407 e. The third-order valence-corrected chi connectivity index (χ3v) is 8.00. The minimum Gasteiger partial charge on any atom is -0.494 e. The number of benzene rings is 2. The van der Waals surface area contributed by atoms with E-state index in [0.29, 0.717) is 18.1 Å². The van der Waals surface area contributed by atoms with E-state index in [1.165, 1.54) is 0 Å². The standard InChI is InChI=1S/C29H37FN2O3/c1-4-5-13-34-22-8-6-7-20(14-22)23-15-21-17-29(2,3)27(24(21)16-25(23)30)31-28(33)35-26-18-32-11-9-19(26)10-12-32/h6-8,14-16,19,26-27H,4-5,9-13,17-18H2,1-3H3,(H,31,33)/t26-,27?/m1/s1. The van der Waals surface area contributed by atoms with Gasteiger partial charge in [0.1, 0.15) is 17.7 Å². The van der Waals surface area contributed by atoms with Crippen molar-refractivity contribution in [3.05, 3.63) is 53.3 Å². The molecule has 3 aliphatic heterocycles. The van der Waals surface area contributed by atoms with Gasteiger partial charge in [-0.1, -0.05) is 39.3 Å². The van der Waals surface area contributed by atoms with Crippen molar-refractivity contribution in [3.8, 4) is 16.9 Å². The Labute approximate surface area is 208 Å². The summed E-state index contributed by atoms with van der Waals surface area (Å²) in [5, 5.41) is 3.09. The van der Waals surface area contributed by atoms with Crippen molar-refractivity contribution in [1.29, 1.82) is 0 Å². The minimum absolute atomic E-state index is 0.0487. The molecule has 2 bridgehead atoms. The Hall–Kier alpha value is -2.60. The largest absolute Gasteiger partial charge is 0.494 e. The Kier molecular flexibility index (Phi) is 6.75. The van der Waals surface area contributed by atoms with E-state index in [4.69, 9.17) is 9.47 Å². The molecule has 5 nitrogen and oxygen atoms in total. The van der Waals surface area contributed by atoms with Crippen LogP contribution in [0.2, 0.25) is 0 Å². The van der Waals surface area contributed by atoms with Crippen LogP contribution in [0, 0.1) is 17.2 Å². The molecule has 1 aliphatic carbocycles. The normalized spacial score (nSPS) is 26.3. The number of alkyl carbamates (subject to hydrolysis) is 1. The molecule has 4 aliphatic rings. The predicted octanol–water partition coefficient (Wildman–Crippen LogP) is 6.12. The van der Waals surface area contributed by atoms with Crippen LogP contribution in [0.3, 0.4) is 0 Å². The fraction of sp³-hybridized carbons (Fsp3) is 0.552. The van der Waals surface area contributed by atoms with Crippen molar-refractivity contribution >= 4 is 6.09 Å². The summed E-state index contributed by atoms with van der Waals surface area (Å²) in [5.74, 6) is 0.923. The third kappa shape index (κ3) is 5.04. The molecule has 188 valence electrons. The first-order valence-electron chi connectivity index (χ1n) is 13.1. The Morgan fingerprint density at radius 2 is 2.00 bits per heavy atom. The summed E-state index contributed by atoms with van der Waals surface area (Å²) in [4.78, 5) is 15.3. The van der Waals surface area contributed by atoms with E-state index >= 15 is 4.39 Å². The summed E-state index contributed by atoms with van der Waals surface area (Å²) in [6.45, 7) is 10.0. The highest BCUT2D eigenvalue weighted by Gasteiger charge is 2.42. The average molecular weight is 481 g/mol. The van der Waals surface area contributed by atoms with Gasteiger partial charge in [-0.2, -0.15) is 0 Å². The van der Waals surface area contributed by atoms with Crippen molar-refractivity contribution < 1.29 is 18.7 Å². The van der Waals surface area contributed by atoms with E-state index in [-0.39, 0.29) is 23.4 Å². The monoisotopic (exact) mass is 480 g/mol. The molecule has 35 heavy (non-hydrogen) atoms. The van der Waals surface area contributed by atoms with Crippen LogP contribution >= 0.6 is 0 Å². The molecule has 6 rings (SSSR count). The average Bonchev–Trinajstić information content (AvgIpc) is 3.08. The number of carbonyl (C=O) groups excluding carboxylic acids is 1. The maximum absolute atomic E-state index is 15.4. The van der Waals surface area contributed by atoms with Gasteiger partial charge >= 0.3 is 6.09 Å². The fourth-order valence-electron chi connectivity index (χ4n) is 5.98. The van der Waals surface area contributed by atoms with Crippen LogP contribution in [0.25, 0.3) is 11.1 Å². The molecule has 3 heterocycles. The second kappa shape index (κ2) is 9.81. The zero-order valence-electron chi connectivity index (χ0n) is 21.1. The van der Waals surface area contributed by atoms with E-state index in [9.17, 15) is 4.79 Å². The van der Waals surface area contributed by atoms with Gasteiger partial charge in [0.15, 0.2) is 0 Å². The van der Waals surface area contributed by atoms with Crippen molar-refractivity contribution in [3.63, 3.8) is 0 Å². The number of nitrogens with zero attached hydrogens (tertiary/aromatic N) is 1. The van der Waals surface area contributed by atoms with Gasteiger partial charge in [0.25, 0.3) is 0 Å². The van der Waals surface area contributed by atoms with E-state index in [1.54, 1.807) is 6.07 Å². The molecule has 3 fully saturated rings. The van der Waals surface area contributed by atoms with Gasteiger partial charge in [-0.3, -0.25) is 4.90 Å². The summed E-state index contributed by atoms with van der Waals surface area (Å²) < 4.78 is 27.1. The molecule has 1 N–H and O–H groups in total. The molecular weight excluding hydrogens is 443 g/mol. The summed E-state index contributed by atoms with van der Waals surface area (Å²) in [6, 6.07) is 10.9. The van der Waals surface area contributed by atoms with Crippen LogP contribution < -0.4 is 10.1 Å². The number of nitrogens with one attached hydrogen (secondary N) is 1. The lowest BCUT2D eigenvalue weighted by Crippen LogP contribution is -2.53. The van der Waals surface area contributed by atoms with Crippen LogP contribution in [0.4, 0.5) is 9.18 Å². The van der Waals surface area contributed by atoms with E-state index in [0.717, 1.165) is 74.2 Å². The Bertz CT molecular complexity index is 1080. The van der Waals surface area contributed by atoms with Gasteiger partial charge in [0.2, 0.25) is 0 Å². The molecule has 1 unspecified atom stereocenters. The number of fused-ring (bicyclic) bond motifs is 4. The Morgan fingerprint density at radius 1 is 1.20 bits per heavy atom. The molecular formula is C29H37FN2O3. The molecule has 3 saturated heterocycles. The van der Waals surface area contributed by atoms with Crippen LogP contribution in [-0.4, -0.2) is 43.3 Å². The summed E-state index contributed by atoms with van der Waals surface area (Å²) in [6.07, 6.45) is 4.56. The quantitative estimate of drug-likeness (QED) is 0.486. The predicted molar refractivity (Wildman–Crippen MR) is 135 cm³/mol. The first-order valence-corrected chi connectivity index (χ1v) is 13.1. The third-order valence-electron chi connectivity index (χ3n) is 8.00. The number of carbonyl (C=O) groups is 1. The second-order valence-electron chi connectivity index (χ2n) is 11.1. The van der Waals surface area contributed by atoms with Crippen molar-refractivity contribution in [2.45, 2.75) is 65.0 Å². The number of piperidine rings is 3. The van der Waals surface area contributed by atoms with Crippen molar-refractivity contribution in [1.82, 2.24) is 10.2 Å². The number of hydrogen-bond donors (Lipinski definition) is 1. The van der Waals surface area contributed by atoms with Crippen molar-refractivity contribution in [2.75, 3.05) is 26.2 Å². The summed E-state index contributed by atoms with van der Waals surface area (Å²) in [7, 11) is 0. The minimum atomic E-state index is -0.393. The van der Waals surface area contributed by atoms with Gasteiger partial charge in [-0.15, -0.1) is 0 Å². The lowest BCUT2D eigenvalue weighted by atomic mass is 9.85. The van der Waals surface area contributed by atoms with E-state index in [1.807, 2.05) is 30.3 Å². The molecule has 2 atom stereocenters. The van der Waals surface area contributed by atoms with E-state index < -0.39 is 6.09 Å². The molecule has 0 radical (unpaired) electrons. The first kappa shape index (κ1) is 24.1. The van der Waals surface area contributed by atoms with Gasteiger partial charge in [-0.05, 0) is 91.1 Å².